The molecule has 6 nitrogen and oxygen atoms in total. The number of para-hydroxylation sites is 9. The van der Waals surface area contributed by atoms with Gasteiger partial charge < -0.3 is 28.2 Å². The van der Waals surface area contributed by atoms with Gasteiger partial charge in [0.25, 0.3) is 6.71 Å². The highest BCUT2D eigenvalue weighted by atomic mass is 16.5. The van der Waals surface area contributed by atoms with Crippen molar-refractivity contribution in [1.82, 2.24) is 13.7 Å². The van der Waals surface area contributed by atoms with Gasteiger partial charge in [-0.25, -0.2) is 0 Å². The van der Waals surface area contributed by atoms with Crippen LogP contribution in [0.4, 0.5) is 34.1 Å². The Labute approximate surface area is 456 Å². The van der Waals surface area contributed by atoms with Crippen LogP contribution in [-0.2, 0) is 0 Å². The van der Waals surface area contributed by atoms with Gasteiger partial charge in [-0.3, -0.25) is 0 Å². The van der Waals surface area contributed by atoms with Gasteiger partial charge in [0.1, 0.15) is 11.5 Å². The lowest BCUT2D eigenvalue weighted by Crippen LogP contribution is -2.59. The molecule has 0 spiro atoms. The van der Waals surface area contributed by atoms with Crippen molar-refractivity contribution in [3.8, 4) is 28.6 Å². The maximum Gasteiger partial charge on any atom is 0.256 e. The van der Waals surface area contributed by atoms with Crippen LogP contribution in [-0.4, -0.2) is 20.4 Å². The van der Waals surface area contributed by atoms with Crippen LogP contribution >= 0.6 is 0 Å². The van der Waals surface area contributed by atoms with Crippen molar-refractivity contribution >= 4 is 123 Å². The zero-order chi connectivity index (χ0) is 51.7. The van der Waals surface area contributed by atoms with Crippen molar-refractivity contribution in [3.05, 3.63) is 279 Å². The summed E-state index contributed by atoms with van der Waals surface area (Å²) in [6.07, 6.45) is 0. The fourth-order valence-electron chi connectivity index (χ4n) is 13.5. The molecule has 2 aliphatic rings. The third kappa shape index (κ3) is 6.30. The maximum atomic E-state index is 7.40. The molecule has 368 valence electrons. The SMILES string of the molecule is c1ccc(N(c2ccccc2)c2cc3c4c(c2)N(c2ccccc2)c2ccccc2B4c2cc(-n4c5ccccc5c5c6c(c7ccccc7n6-c6ccccc6)c6c(c7ccccc7n6-c6ccccc6)c54)ccc2O3)cc1. The molecular formula is C72H46BN5O. The summed E-state index contributed by atoms with van der Waals surface area (Å²) < 4.78 is 15.0. The Kier molecular flexibility index (Phi) is 9.41. The lowest BCUT2D eigenvalue weighted by molar-refractivity contribution is 0.487. The molecule has 5 heterocycles. The van der Waals surface area contributed by atoms with Crippen molar-refractivity contribution in [2.75, 3.05) is 9.80 Å². The van der Waals surface area contributed by atoms with Crippen LogP contribution in [0.15, 0.2) is 279 Å². The molecule has 0 saturated carbocycles. The first-order valence-electron chi connectivity index (χ1n) is 27.1. The molecule has 15 aromatic rings. The summed E-state index contributed by atoms with van der Waals surface area (Å²) in [6.45, 7) is -0.152. The molecule has 2 aliphatic heterocycles. The van der Waals surface area contributed by atoms with Gasteiger partial charge in [-0.2, -0.15) is 0 Å². The van der Waals surface area contributed by atoms with Crippen LogP contribution in [0, 0.1) is 0 Å². The Morgan fingerprint density at radius 2 is 0.734 bits per heavy atom. The number of hydrogen-bond acceptors (Lipinski definition) is 3. The zero-order valence-electron chi connectivity index (χ0n) is 42.8. The number of fused-ring (bicyclic) bond motifs is 16. The van der Waals surface area contributed by atoms with E-state index in [4.69, 9.17) is 4.74 Å². The summed E-state index contributed by atoms with van der Waals surface area (Å²) in [7, 11) is 0. The van der Waals surface area contributed by atoms with E-state index >= 15 is 0 Å². The standard InChI is InChI=1S/C72H46BN5O/c1-6-24-47(25-7-1)74(48-26-8-2-9-27-48)53-45-63-69-65(46-53)79-64-43-42-52(44-58(64)73(69)57-37-19-23-41-62(57)75(63)49-28-10-3-11-29-49)78-61-40-22-18-36-56(61)68-71-66(54-34-16-20-38-59(54)76(71)50-30-12-4-13-31-50)70-67(72(68)78)55-35-17-21-39-60(55)77(70)51-32-14-5-15-33-51/h1-46H. The van der Waals surface area contributed by atoms with Gasteiger partial charge in [-0.15, -0.1) is 0 Å². The molecule has 0 atom stereocenters. The second-order valence-corrected chi connectivity index (χ2v) is 20.8. The van der Waals surface area contributed by atoms with Gasteiger partial charge in [0.15, 0.2) is 0 Å². The Morgan fingerprint density at radius 3 is 1.25 bits per heavy atom. The number of nitrogens with zero attached hydrogens (tertiary/aromatic N) is 5. The molecule has 0 amide bonds. The topological polar surface area (TPSA) is 30.5 Å². The summed E-state index contributed by atoms with van der Waals surface area (Å²) in [5.74, 6) is 1.69. The second-order valence-electron chi connectivity index (χ2n) is 20.8. The quantitative estimate of drug-likeness (QED) is 0.149. The summed E-state index contributed by atoms with van der Waals surface area (Å²) in [4.78, 5) is 4.77. The lowest BCUT2D eigenvalue weighted by atomic mass is 9.34. The van der Waals surface area contributed by atoms with E-state index in [1.165, 1.54) is 54.3 Å². The van der Waals surface area contributed by atoms with Crippen molar-refractivity contribution in [2.24, 2.45) is 0 Å². The minimum Gasteiger partial charge on any atom is -0.458 e. The minimum atomic E-state index is -0.152. The number of ether oxygens (including phenoxy) is 1. The number of aromatic nitrogens is 3. The van der Waals surface area contributed by atoms with E-state index < -0.39 is 0 Å². The van der Waals surface area contributed by atoms with Gasteiger partial charge in [0, 0.05) is 83.9 Å². The molecule has 0 unspecified atom stereocenters. The lowest BCUT2D eigenvalue weighted by Gasteiger charge is -2.41. The maximum absolute atomic E-state index is 7.40. The van der Waals surface area contributed by atoms with Crippen LogP contribution in [0.25, 0.3) is 82.5 Å². The highest BCUT2D eigenvalue weighted by Gasteiger charge is 2.43. The van der Waals surface area contributed by atoms with Gasteiger partial charge >= 0.3 is 0 Å². The summed E-state index contributed by atoms with van der Waals surface area (Å²) in [6, 6.07) is 101. The van der Waals surface area contributed by atoms with Crippen LogP contribution < -0.4 is 30.9 Å². The molecule has 0 aliphatic carbocycles. The van der Waals surface area contributed by atoms with Gasteiger partial charge in [-0.1, -0.05) is 164 Å². The van der Waals surface area contributed by atoms with E-state index in [9.17, 15) is 0 Å². The van der Waals surface area contributed by atoms with Gasteiger partial charge in [0.05, 0.1) is 38.8 Å². The summed E-state index contributed by atoms with van der Waals surface area (Å²) in [5.41, 5.74) is 20.2. The molecule has 17 rings (SSSR count). The predicted octanol–water partition coefficient (Wildman–Crippen LogP) is 16.9. The van der Waals surface area contributed by atoms with Crippen LogP contribution in [0.3, 0.4) is 0 Å². The van der Waals surface area contributed by atoms with E-state index in [0.717, 1.165) is 90.2 Å². The molecule has 0 bridgehead atoms. The number of rotatable bonds is 7. The number of hydrogen-bond donors (Lipinski definition) is 0. The monoisotopic (exact) mass is 1010 g/mol. The average Bonchev–Trinajstić information content (AvgIpc) is 3.69. The first-order chi connectivity index (χ1) is 39.3. The molecule has 79 heavy (non-hydrogen) atoms. The normalized spacial score (nSPS) is 12.6. The van der Waals surface area contributed by atoms with E-state index in [1.54, 1.807) is 0 Å². The molecule has 7 heteroatoms. The number of benzene rings is 12. The molecule has 3 aromatic heterocycles. The average molecular weight is 1010 g/mol. The van der Waals surface area contributed by atoms with E-state index in [-0.39, 0.29) is 6.71 Å². The Morgan fingerprint density at radius 1 is 0.304 bits per heavy atom. The fourth-order valence-corrected chi connectivity index (χ4v) is 13.5. The minimum absolute atomic E-state index is 0.152. The molecule has 0 N–H and O–H groups in total. The van der Waals surface area contributed by atoms with Crippen molar-refractivity contribution in [3.63, 3.8) is 0 Å². The third-order valence-electron chi connectivity index (χ3n) is 16.6. The zero-order valence-corrected chi connectivity index (χ0v) is 42.8. The van der Waals surface area contributed by atoms with Crippen LogP contribution in [0.2, 0.25) is 0 Å². The molecule has 0 radical (unpaired) electrons. The largest absolute Gasteiger partial charge is 0.458 e. The molecular weight excluding hydrogens is 962 g/mol. The van der Waals surface area contributed by atoms with Gasteiger partial charge in [0.2, 0.25) is 0 Å². The van der Waals surface area contributed by atoms with Crippen molar-refractivity contribution in [2.45, 2.75) is 0 Å². The smallest absolute Gasteiger partial charge is 0.256 e. The fraction of sp³-hybridized carbons (Fsp3) is 0. The van der Waals surface area contributed by atoms with Gasteiger partial charge in [-0.05, 0) is 126 Å². The highest BCUT2D eigenvalue weighted by molar-refractivity contribution is 6.99. The van der Waals surface area contributed by atoms with E-state index in [0.29, 0.717) is 0 Å². The van der Waals surface area contributed by atoms with Crippen molar-refractivity contribution < 1.29 is 4.74 Å². The third-order valence-corrected chi connectivity index (χ3v) is 16.6. The molecule has 0 fully saturated rings. The van der Waals surface area contributed by atoms with E-state index in [1.807, 2.05) is 0 Å². The van der Waals surface area contributed by atoms with Crippen LogP contribution in [0.1, 0.15) is 0 Å². The first-order valence-corrected chi connectivity index (χ1v) is 27.1. The van der Waals surface area contributed by atoms with Crippen molar-refractivity contribution in [1.29, 1.82) is 0 Å². The van der Waals surface area contributed by atoms with Crippen LogP contribution in [0.5, 0.6) is 11.5 Å². The highest BCUT2D eigenvalue weighted by Crippen LogP contribution is 2.51. The Hall–Kier alpha value is -10.5. The second kappa shape index (κ2) is 17.0. The summed E-state index contributed by atoms with van der Waals surface area (Å²) in [5, 5.41) is 7.26. The molecule has 12 aromatic carbocycles. The van der Waals surface area contributed by atoms with E-state index in [2.05, 4.69) is 303 Å². The number of anilines is 6. The first kappa shape index (κ1) is 43.7. The molecule has 0 saturated heterocycles. The Balaban J connectivity index is 0.986. The summed E-state index contributed by atoms with van der Waals surface area (Å²) >= 11 is 0. The predicted molar refractivity (Wildman–Crippen MR) is 330 cm³/mol. The Bertz CT molecular complexity index is 4820.